The number of benzene rings is 11. The lowest BCUT2D eigenvalue weighted by Gasteiger charge is -2.58. The van der Waals surface area contributed by atoms with E-state index >= 15 is 0 Å². The average Bonchev–Trinajstić information content (AvgIpc) is 0.920. The molecule has 0 atom stereocenters. The second-order valence-corrected chi connectivity index (χ2v) is 27.5. The molecule has 0 unspecified atom stereocenters. The van der Waals surface area contributed by atoms with E-state index in [-0.39, 0.29) is 18.8 Å². The van der Waals surface area contributed by atoms with Crippen LogP contribution in [-0.2, 0) is 5.41 Å². The van der Waals surface area contributed by atoms with Crippen molar-refractivity contribution in [3.05, 3.63) is 254 Å². The first-order valence-corrected chi connectivity index (χ1v) is 32.1. The van der Waals surface area contributed by atoms with Crippen LogP contribution in [0.25, 0.3) is 33.4 Å². The molecule has 2 saturated heterocycles. The molecule has 7 heteroatoms. The van der Waals surface area contributed by atoms with Gasteiger partial charge in [-0.15, -0.1) is 0 Å². The van der Waals surface area contributed by atoms with Gasteiger partial charge in [0.2, 0.25) is 6.71 Å². The highest BCUT2D eigenvalue weighted by molar-refractivity contribution is 8.00. The summed E-state index contributed by atoms with van der Waals surface area (Å²) in [6.45, 7) is 7.04. The molecule has 19 rings (SSSR count). The predicted octanol–water partition coefficient (Wildman–Crippen LogP) is 16.6. The SMILES string of the molecule is CC(C)(C)c1cc2c3c(c1)N(c1ccccc1)c1ccccc1B3c1cc3c(cc1S2)N(c1c(-c2ccccc2)cc(-c2ccccc2)cc1-c1ccccc1)c1cc(N2C4CC5CC(C4)CC2C5)cc2c1B3c1ccccc1N2c1ccccc1. The molecular formula is C79H64B2N4S. The smallest absolute Gasteiger partial charge is 0.252 e. The van der Waals surface area contributed by atoms with Crippen molar-refractivity contribution < 1.29 is 0 Å². The number of para-hydroxylation sites is 4. The van der Waals surface area contributed by atoms with E-state index in [1.807, 2.05) is 11.8 Å². The quantitative estimate of drug-likeness (QED) is 0.147. The van der Waals surface area contributed by atoms with E-state index in [2.05, 4.69) is 289 Å². The van der Waals surface area contributed by atoms with Crippen molar-refractivity contribution >= 4 is 115 Å². The summed E-state index contributed by atoms with van der Waals surface area (Å²) in [5.41, 5.74) is 29.1. The Balaban J connectivity index is 0.979. The maximum absolute atomic E-state index is 2.94. The Morgan fingerprint density at radius 2 is 0.814 bits per heavy atom. The molecule has 4 fully saturated rings. The molecule has 4 bridgehead atoms. The lowest BCUT2D eigenvalue weighted by atomic mass is 9.31. The second-order valence-electron chi connectivity index (χ2n) is 26.4. The molecule has 0 radical (unpaired) electrons. The molecule has 0 N–H and O–H groups in total. The summed E-state index contributed by atoms with van der Waals surface area (Å²) in [4.78, 5) is 13.6. The first kappa shape index (κ1) is 50.4. The van der Waals surface area contributed by atoms with Crippen molar-refractivity contribution in [2.75, 3.05) is 19.6 Å². The normalized spacial score (nSPS) is 18.9. The lowest BCUT2D eigenvalue weighted by Crippen LogP contribution is -2.64. The minimum Gasteiger partial charge on any atom is -0.365 e. The van der Waals surface area contributed by atoms with Gasteiger partial charge in [-0.1, -0.05) is 208 Å². The monoisotopic (exact) mass is 1120 g/mol. The highest BCUT2D eigenvalue weighted by atomic mass is 32.2. The fraction of sp³-hybridized carbons (Fsp3) is 0.165. The van der Waals surface area contributed by atoms with Crippen LogP contribution < -0.4 is 52.4 Å². The van der Waals surface area contributed by atoms with Crippen LogP contribution in [0.3, 0.4) is 0 Å². The minimum atomic E-state index is -0.0875. The van der Waals surface area contributed by atoms with Gasteiger partial charge in [-0.2, -0.15) is 0 Å². The van der Waals surface area contributed by atoms with Gasteiger partial charge < -0.3 is 19.6 Å². The maximum Gasteiger partial charge on any atom is 0.252 e. The number of anilines is 10. The molecule has 11 aromatic carbocycles. The van der Waals surface area contributed by atoms with Gasteiger partial charge in [-0.05, 0) is 183 Å². The summed E-state index contributed by atoms with van der Waals surface area (Å²) in [6.07, 6.45) is 6.55. The molecular weight excluding hydrogens is 1060 g/mol. The number of hydrogen-bond acceptors (Lipinski definition) is 5. The van der Waals surface area contributed by atoms with Crippen LogP contribution in [0.1, 0.15) is 58.4 Å². The summed E-state index contributed by atoms with van der Waals surface area (Å²) in [5.74, 6) is 1.66. The number of nitrogens with zero attached hydrogens (tertiary/aromatic N) is 4. The van der Waals surface area contributed by atoms with Crippen LogP contribution in [0, 0.1) is 11.8 Å². The van der Waals surface area contributed by atoms with E-state index in [1.165, 1.54) is 170 Å². The Labute approximate surface area is 511 Å². The first-order chi connectivity index (χ1) is 42.3. The number of hydrogen-bond donors (Lipinski definition) is 0. The van der Waals surface area contributed by atoms with Crippen LogP contribution >= 0.6 is 11.8 Å². The molecule has 4 nitrogen and oxygen atoms in total. The van der Waals surface area contributed by atoms with Gasteiger partial charge in [0.15, 0.2) is 0 Å². The van der Waals surface area contributed by atoms with Crippen LogP contribution in [0.4, 0.5) is 56.9 Å². The van der Waals surface area contributed by atoms with Crippen molar-refractivity contribution in [2.24, 2.45) is 11.8 Å². The first-order valence-electron chi connectivity index (χ1n) is 31.3. The molecule has 86 heavy (non-hydrogen) atoms. The summed E-state index contributed by atoms with van der Waals surface area (Å²) >= 11 is 1.98. The summed E-state index contributed by atoms with van der Waals surface area (Å²) in [5, 5.41) is 0. The Kier molecular flexibility index (Phi) is 11.3. The standard InChI is InChI=1S/C79H64B2N4S/c1-79(2,3)56-44-71-77-75(45-56)86-74-49-70-66(48-67(74)81(77)65-34-20-22-36-69(65)83(71)57-29-15-7-16-30-57)80-64-33-19-21-35-68(64)84(58-31-17-8-18-32-58)72-46-61(82-59-38-50-37-51(40-59)41-60(82)39-50)47-73(76(72)80)85(70)78-62(53-25-11-5-12-26-53)42-55(52-23-9-4-10-24-52)43-63(78)54-27-13-6-14-28-54/h4-36,42-51,59-60H,37-41H2,1-3H3. The third kappa shape index (κ3) is 7.72. The lowest BCUT2D eigenvalue weighted by molar-refractivity contribution is 0.0900. The van der Waals surface area contributed by atoms with Gasteiger partial charge in [0.05, 0.1) is 5.69 Å². The molecule has 412 valence electrons. The van der Waals surface area contributed by atoms with E-state index < -0.39 is 0 Å². The fourth-order valence-corrected chi connectivity index (χ4v) is 18.2. The zero-order valence-electron chi connectivity index (χ0n) is 48.9. The van der Waals surface area contributed by atoms with E-state index in [4.69, 9.17) is 0 Å². The average molecular weight is 1120 g/mol. The van der Waals surface area contributed by atoms with Crippen molar-refractivity contribution in [1.82, 2.24) is 0 Å². The maximum atomic E-state index is 2.94. The van der Waals surface area contributed by atoms with Crippen LogP contribution in [-0.4, -0.2) is 25.5 Å². The van der Waals surface area contributed by atoms with Crippen LogP contribution in [0.15, 0.2) is 259 Å². The van der Waals surface area contributed by atoms with Gasteiger partial charge in [0.25, 0.3) is 6.71 Å². The van der Waals surface area contributed by atoms with E-state index in [0.29, 0.717) is 12.1 Å². The highest BCUT2D eigenvalue weighted by Crippen LogP contribution is 2.56. The van der Waals surface area contributed by atoms with Gasteiger partial charge in [-0.3, -0.25) is 0 Å². The predicted molar refractivity (Wildman–Crippen MR) is 365 cm³/mol. The van der Waals surface area contributed by atoms with Crippen LogP contribution in [0.5, 0.6) is 0 Å². The molecule has 2 saturated carbocycles. The summed E-state index contributed by atoms with van der Waals surface area (Å²) in [6, 6.07) is 96.4. The van der Waals surface area contributed by atoms with E-state index in [0.717, 1.165) is 11.8 Å². The Morgan fingerprint density at radius 1 is 0.349 bits per heavy atom. The molecule has 6 aliphatic heterocycles. The van der Waals surface area contributed by atoms with Gasteiger partial charge in [-0.25, -0.2) is 0 Å². The minimum absolute atomic E-state index is 0.00212. The Bertz CT molecular complexity index is 4440. The van der Waals surface area contributed by atoms with Gasteiger partial charge in [0, 0.05) is 84.2 Å². The molecule has 0 spiro atoms. The number of fused-ring (bicyclic) bond motifs is 8. The van der Waals surface area contributed by atoms with Crippen molar-refractivity contribution in [3.8, 4) is 33.4 Å². The van der Waals surface area contributed by atoms with Crippen LogP contribution in [0.2, 0.25) is 0 Å². The zero-order chi connectivity index (χ0) is 56.9. The molecule has 11 aromatic rings. The van der Waals surface area contributed by atoms with Crippen molar-refractivity contribution in [2.45, 2.75) is 80.2 Å². The summed E-state index contributed by atoms with van der Waals surface area (Å²) < 4.78 is 0. The summed E-state index contributed by atoms with van der Waals surface area (Å²) in [7, 11) is 0. The zero-order valence-corrected chi connectivity index (χ0v) is 49.7. The highest BCUT2D eigenvalue weighted by Gasteiger charge is 2.51. The third-order valence-corrected chi connectivity index (χ3v) is 21.6. The topological polar surface area (TPSA) is 13.0 Å². The van der Waals surface area contributed by atoms with Crippen molar-refractivity contribution in [3.63, 3.8) is 0 Å². The largest absolute Gasteiger partial charge is 0.365 e. The molecule has 6 heterocycles. The number of rotatable bonds is 7. The Hall–Kier alpha value is -8.90. The molecule has 0 aromatic heterocycles. The molecule has 2 aliphatic carbocycles. The van der Waals surface area contributed by atoms with Crippen molar-refractivity contribution in [1.29, 1.82) is 0 Å². The Morgan fingerprint density at radius 3 is 1.35 bits per heavy atom. The van der Waals surface area contributed by atoms with Gasteiger partial charge in [0.1, 0.15) is 0 Å². The third-order valence-electron chi connectivity index (χ3n) is 20.4. The second kappa shape index (κ2) is 19.3. The van der Waals surface area contributed by atoms with Gasteiger partial charge >= 0.3 is 0 Å². The molecule has 0 amide bonds. The van der Waals surface area contributed by atoms with E-state index in [1.54, 1.807) is 0 Å². The fourth-order valence-electron chi connectivity index (χ4n) is 17.0. The van der Waals surface area contributed by atoms with E-state index in [9.17, 15) is 0 Å². The molecule has 8 aliphatic rings. The number of piperidine rings is 2.